The molecule has 7 rings (SSSR count). The summed E-state index contributed by atoms with van der Waals surface area (Å²) >= 11 is 0. The van der Waals surface area contributed by atoms with Crippen molar-refractivity contribution in [2.45, 2.75) is 155 Å². The number of rotatable bonds is 9. The Morgan fingerprint density at radius 1 is 0.873 bits per heavy atom. The average Bonchev–Trinajstić information content (AvgIpc) is 3.48. The molecule has 55 heavy (non-hydrogen) atoms. The number of nitrogens with one attached hydrogen (secondary N) is 2. The number of sulfone groups is 1. The number of fused-ring (bicyclic) bond motifs is 7. The number of likely N-dealkylation sites (tertiary alicyclic amines) is 1. The van der Waals surface area contributed by atoms with Gasteiger partial charge in [0.2, 0.25) is 5.91 Å². The molecule has 7 aliphatic rings. The fourth-order valence-corrected chi connectivity index (χ4v) is 16.5. The summed E-state index contributed by atoms with van der Waals surface area (Å²) < 4.78 is 24.3. The quantitative estimate of drug-likeness (QED) is 0.203. The van der Waals surface area contributed by atoms with E-state index in [2.05, 4.69) is 75.8 Å². The van der Waals surface area contributed by atoms with Crippen molar-refractivity contribution in [1.29, 1.82) is 0 Å². The number of aliphatic carboxylic acids is 1. The number of carboxylic acids is 1. The minimum atomic E-state index is -2.96. The van der Waals surface area contributed by atoms with Gasteiger partial charge in [0.05, 0.1) is 5.25 Å². The van der Waals surface area contributed by atoms with Crippen LogP contribution in [0.3, 0.4) is 0 Å². The normalized spacial score (nSPS) is 43.2. The smallest absolute Gasteiger partial charge is 0.329 e. The molecular formula is C46H73N3O5S. The number of hydrogen-bond acceptors (Lipinski definition) is 6. The maximum atomic E-state index is 12.3. The van der Waals surface area contributed by atoms with Crippen LogP contribution in [0, 0.1) is 51.2 Å². The molecular weight excluding hydrogens is 707 g/mol. The van der Waals surface area contributed by atoms with Crippen LogP contribution in [0.5, 0.6) is 0 Å². The van der Waals surface area contributed by atoms with E-state index in [0.717, 1.165) is 45.4 Å². The molecule has 8 nitrogen and oxygen atoms in total. The van der Waals surface area contributed by atoms with Gasteiger partial charge >= 0.3 is 5.97 Å². The van der Waals surface area contributed by atoms with Gasteiger partial charge in [-0.15, -0.1) is 0 Å². The molecule has 1 unspecified atom stereocenters. The summed E-state index contributed by atoms with van der Waals surface area (Å²) in [5.74, 6) is 1.81. The Labute approximate surface area is 333 Å². The molecule has 1 aliphatic heterocycles. The molecule has 10 atom stereocenters. The van der Waals surface area contributed by atoms with Gasteiger partial charge < -0.3 is 20.6 Å². The minimum absolute atomic E-state index is 0.0165. The Balaban J connectivity index is 1.10. The number of carbonyl (C=O) groups excluding carboxylic acids is 1. The van der Waals surface area contributed by atoms with Crippen molar-refractivity contribution < 1.29 is 23.1 Å². The molecule has 0 aromatic heterocycles. The lowest BCUT2D eigenvalue weighted by molar-refractivity contribution is -0.221. The van der Waals surface area contributed by atoms with E-state index in [-0.39, 0.29) is 38.4 Å². The van der Waals surface area contributed by atoms with Crippen molar-refractivity contribution in [2.24, 2.45) is 51.2 Å². The topological polar surface area (TPSA) is 116 Å². The van der Waals surface area contributed by atoms with Gasteiger partial charge in [-0.1, -0.05) is 58.9 Å². The first-order valence-corrected chi connectivity index (χ1v) is 23.8. The van der Waals surface area contributed by atoms with Crippen LogP contribution in [0.2, 0.25) is 0 Å². The van der Waals surface area contributed by atoms with Gasteiger partial charge in [-0.2, -0.15) is 0 Å². The van der Waals surface area contributed by atoms with E-state index in [9.17, 15) is 23.1 Å². The van der Waals surface area contributed by atoms with Crippen molar-refractivity contribution in [3.8, 4) is 0 Å². The van der Waals surface area contributed by atoms with Gasteiger partial charge in [-0.3, -0.25) is 4.79 Å². The number of carbonyl (C=O) groups is 2. The van der Waals surface area contributed by atoms with Crippen molar-refractivity contribution in [2.75, 3.05) is 32.4 Å². The highest BCUT2D eigenvalue weighted by Crippen LogP contribution is 2.76. The van der Waals surface area contributed by atoms with Crippen LogP contribution >= 0.6 is 0 Å². The average molecular weight is 780 g/mol. The highest BCUT2D eigenvalue weighted by Gasteiger charge is 2.70. The summed E-state index contributed by atoms with van der Waals surface area (Å²) in [7, 11) is -2.96. The van der Waals surface area contributed by atoms with Gasteiger partial charge in [0.1, 0.15) is 15.4 Å². The van der Waals surface area contributed by atoms with E-state index in [1.165, 1.54) is 81.3 Å². The zero-order valence-electron chi connectivity index (χ0n) is 35.5. The van der Waals surface area contributed by atoms with Crippen LogP contribution < -0.4 is 10.6 Å². The number of piperidine rings is 1. The number of allylic oxidation sites excluding steroid dienone is 4. The maximum Gasteiger partial charge on any atom is 0.329 e. The molecule has 1 amide bonds. The van der Waals surface area contributed by atoms with Gasteiger partial charge in [-0.25, -0.2) is 13.2 Å². The molecule has 6 aliphatic carbocycles. The third kappa shape index (κ3) is 6.55. The monoisotopic (exact) mass is 780 g/mol. The molecule has 0 spiro atoms. The summed E-state index contributed by atoms with van der Waals surface area (Å²) in [6, 6.07) is 0. The Morgan fingerprint density at radius 3 is 2.18 bits per heavy atom. The summed E-state index contributed by atoms with van der Waals surface area (Å²) in [5.41, 5.74) is 3.72. The molecule has 308 valence electrons. The van der Waals surface area contributed by atoms with Gasteiger partial charge in [0.25, 0.3) is 0 Å². The van der Waals surface area contributed by atoms with Crippen molar-refractivity contribution >= 4 is 21.7 Å². The second kappa shape index (κ2) is 14.1. The van der Waals surface area contributed by atoms with Gasteiger partial charge in [-0.05, 0) is 172 Å². The Hall–Kier alpha value is -1.97. The van der Waals surface area contributed by atoms with Crippen molar-refractivity contribution in [3.63, 3.8) is 0 Å². The molecule has 0 bridgehead atoms. The second-order valence-electron chi connectivity index (χ2n) is 21.2. The molecule has 5 fully saturated rings. The molecule has 4 saturated carbocycles. The standard InChI is InChI=1S/C46H73N3O5S/c1-30(2)34-14-23-45(47-26-29-49-27-17-33(18-28-49)55(9,53)54)25-24-43(7)36(39(34)45)10-11-38-42(6)19-15-35(41(4,5)37(42)16-20-44(38,43)8)32-12-21-46(22-13-32,40(51)52)48-31(3)50/h12,15,33-34,36-39,47H,1,10-11,13-14,16-29H2,2-9H3,(H,48,50)(H,51,52)/t34-,36+,37-,38+,39+,42-,43+,44+,45-,46?/m0/s1. The highest BCUT2D eigenvalue weighted by atomic mass is 32.2. The lowest BCUT2D eigenvalue weighted by Gasteiger charge is -2.72. The number of nitrogens with zero attached hydrogens (tertiary/aromatic N) is 1. The van der Waals surface area contributed by atoms with Crippen LogP contribution in [0.15, 0.2) is 35.5 Å². The number of hydrogen-bond donors (Lipinski definition) is 3. The summed E-state index contributed by atoms with van der Waals surface area (Å²) in [5, 5.41) is 17.0. The minimum Gasteiger partial charge on any atom is -0.479 e. The Bertz CT molecular complexity index is 1740. The number of amides is 1. The zero-order chi connectivity index (χ0) is 40.0. The first-order valence-electron chi connectivity index (χ1n) is 21.9. The summed E-state index contributed by atoms with van der Waals surface area (Å²) in [4.78, 5) is 26.8. The Morgan fingerprint density at radius 2 is 1.58 bits per heavy atom. The van der Waals surface area contributed by atoms with E-state index in [4.69, 9.17) is 0 Å². The van der Waals surface area contributed by atoms with Crippen LogP contribution in [-0.4, -0.2) is 79.1 Å². The highest BCUT2D eigenvalue weighted by molar-refractivity contribution is 7.91. The predicted molar refractivity (Wildman–Crippen MR) is 221 cm³/mol. The number of carboxylic acid groups (broad SMARTS) is 1. The summed E-state index contributed by atoms with van der Waals surface area (Å²) in [6.07, 6.45) is 20.1. The van der Waals surface area contributed by atoms with Gasteiger partial charge in [0, 0.05) is 31.8 Å². The van der Waals surface area contributed by atoms with Crippen molar-refractivity contribution in [3.05, 3.63) is 35.5 Å². The lowest BCUT2D eigenvalue weighted by Crippen LogP contribution is -2.68. The summed E-state index contributed by atoms with van der Waals surface area (Å²) in [6.45, 7) is 25.0. The molecule has 0 aromatic carbocycles. The van der Waals surface area contributed by atoms with E-state index in [1.54, 1.807) is 0 Å². The molecule has 9 heteroatoms. The fourth-order valence-electron chi connectivity index (χ4n) is 15.4. The van der Waals surface area contributed by atoms with Gasteiger partial charge in [0.15, 0.2) is 0 Å². The van der Waals surface area contributed by atoms with Crippen molar-refractivity contribution in [1.82, 2.24) is 15.5 Å². The molecule has 0 aromatic rings. The van der Waals surface area contributed by atoms with Crippen LogP contribution in [0.25, 0.3) is 0 Å². The fraction of sp³-hybridized carbons (Fsp3) is 0.826. The third-order valence-electron chi connectivity index (χ3n) is 18.4. The largest absolute Gasteiger partial charge is 0.479 e. The lowest BCUT2D eigenvalue weighted by atomic mass is 9.33. The van der Waals surface area contributed by atoms with Crippen LogP contribution in [0.4, 0.5) is 0 Å². The first kappa shape index (κ1) is 41.2. The predicted octanol–water partition coefficient (Wildman–Crippen LogP) is 8.10. The third-order valence-corrected chi connectivity index (χ3v) is 20.1. The van der Waals surface area contributed by atoms with E-state index >= 15 is 0 Å². The van der Waals surface area contributed by atoms with Crippen LogP contribution in [-0.2, 0) is 19.4 Å². The molecule has 1 saturated heterocycles. The SMILES string of the molecule is C=C(C)[C@@H]1CC[C@]2(NCCN3CCC(S(C)(=O)=O)CC3)CC[C@]3(C)[C@H](CC[C@@H]4[C@@]5(C)CC=C(C6=CCC(NC(C)=O)(C(=O)O)CC6)C(C)(C)[C@@H]5CC[C@]43C)[C@@H]12. The van der Waals surface area contributed by atoms with E-state index in [0.29, 0.717) is 48.9 Å². The van der Waals surface area contributed by atoms with Crippen LogP contribution in [0.1, 0.15) is 138 Å². The molecule has 3 N–H and O–H groups in total. The Kier molecular flexibility index (Phi) is 10.6. The van der Waals surface area contributed by atoms with E-state index in [1.807, 2.05) is 0 Å². The first-order chi connectivity index (χ1) is 25.6. The molecule has 1 heterocycles. The second-order valence-corrected chi connectivity index (χ2v) is 23.5. The van der Waals surface area contributed by atoms with E-state index < -0.39 is 21.3 Å². The zero-order valence-corrected chi connectivity index (χ0v) is 36.3. The maximum absolute atomic E-state index is 12.3. The molecule has 0 radical (unpaired) electrons.